The molecule has 0 saturated carbocycles. The highest BCUT2D eigenvalue weighted by atomic mass is 35.5. The highest BCUT2D eigenvalue weighted by molar-refractivity contribution is 7.93. The number of nitrogens with one attached hydrogen (secondary N) is 1. The molecule has 0 aliphatic rings. The van der Waals surface area contributed by atoms with Crippen LogP contribution in [0.5, 0.6) is 0 Å². The van der Waals surface area contributed by atoms with Gasteiger partial charge in [-0.25, -0.2) is 13.2 Å². The van der Waals surface area contributed by atoms with Gasteiger partial charge in [-0.2, -0.15) is 0 Å². The second-order valence-corrected chi connectivity index (χ2v) is 7.64. The van der Waals surface area contributed by atoms with Gasteiger partial charge in [0.2, 0.25) is 0 Å². The first-order valence-corrected chi connectivity index (χ1v) is 8.27. The fraction of sp³-hybridized carbons (Fsp3) is 0.462. The number of hydrogen-bond donors (Lipinski definition) is 1. The van der Waals surface area contributed by atoms with Crippen molar-refractivity contribution in [1.29, 1.82) is 0 Å². The SMILES string of the molecule is COC(=O)C(CCS(=O)(=O)C(C)Cl)Nc1ccccc1. The van der Waals surface area contributed by atoms with Crippen LogP contribution in [0.25, 0.3) is 0 Å². The summed E-state index contributed by atoms with van der Waals surface area (Å²) in [6.45, 7) is 1.40. The minimum atomic E-state index is -3.41. The summed E-state index contributed by atoms with van der Waals surface area (Å²) in [6, 6.07) is 8.32. The number of methoxy groups -OCH3 is 1. The van der Waals surface area contributed by atoms with Crippen LogP contribution < -0.4 is 5.32 Å². The summed E-state index contributed by atoms with van der Waals surface area (Å²) >= 11 is 5.60. The molecule has 7 heteroatoms. The molecule has 0 amide bonds. The van der Waals surface area contributed by atoms with Crippen LogP contribution in [0.3, 0.4) is 0 Å². The fourth-order valence-electron chi connectivity index (χ4n) is 1.57. The summed E-state index contributed by atoms with van der Waals surface area (Å²) in [7, 11) is -2.15. The monoisotopic (exact) mass is 319 g/mol. The van der Waals surface area contributed by atoms with Gasteiger partial charge < -0.3 is 10.1 Å². The third-order valence-electron chi connectivity index (χ3n) is 2.79. The molecule has 0 radical (unpaired) electrons. The average Bonchev–Trinajstić information content (AvgIpc) is 2.43. The van der Waals surface area contributed by atoms with Gasteiger partial charge in [-0.15, -0.1) is 11.6 Å². The van der Waals surface area contributed by atoms with Crippen molar-refractivity contribution < 1.29 is 17.9 Å². The highest BCUT2D eigenvalue weighted by Crippen LogP contribution is 2.13. The van der Waals surface area contributed by atoms with Crippen LogP contribution in [0.15, 0.2) is 30.3 Å². The molecule has 0 aliphatic carbocycles. The molecule has 0 aliphatic heterocycles. The topological polar surface area (TPSA) is 72.5 Å². The molecule has 0 spiro atoms. The minimum Gasteiger partial charge on any atom is -0.467 e. The summed E-state index contributed by atoms with van der Waals surface area (Å²) in [5.74, 6) is -0.691. The molecule has 1 aromatic carbocycles. The molecule has 20 heavy (non-hydrogen) atoms. The maximum absolute atomic E-state index is 11.7. The van der Waals surface area contributed by atoms with Crippen molar-refractivity contribution in [2.75, 3.05) is 18.2 Å². The third-order valence-corrected chi connectivity index (χ3v) is 5.40. The zero-order valence-corrected chi connectivity index (χ0v) is 12.9. The molecule has 1 N–H and O–H groups in total. The van der Waals surface area contributed by atoms with Crippen molar-refractivity contribution in [3.05, 3.63) is 30.3 Å². The predicted octanol–water partition coefficient (Wildman–Crippen LogP) is 2.03. The van der Waals surface area contributed by atoms with Gasteiger partial charge in [-0.3, -0.25) is 0 Å². The number of anilines is 1. The summed E-state index contributed by atoms with van der Waals surface area (Å²) in [5.41, 5.74) is 0.721. The van der Waals surface area contributed by atoms with E-state index in [0.717, 1.165) is 5.69 Å². The van der Waals surface area contributed by atoms with Gasteiger partial charge in [0.25, 0.3) is 0 Å². The molecule has 112 valence electrons. The molecule has 1 rings (SSSR count). The van der Waals surface area contributed by atoms with E-state index >= 15 is 0 Å². The van der Waals surface area contributed by atoms with Crippen LogP contribution in [0.1, 0.15) is 13.3 Å². The van der Waals surface area contributed by atoms with Gasteiger partial charge in [0.05, 0.1) is 12.9 Å². The molecule has 0 bridgehead atoms. The van der Waals surface area contributed by atoms with E-state index in [9.17, 15) is 13.2 Å². The molecular weight excluding hydrogens is 302 g/mol. The number of hydrogen-bond acceptors (Lipinski definition) is 5. The van der Waals surface area contributed by atoms with E-state index in [-0.39, 0.29) is 12.2 Å². The van der Waals surface area contributed by atoms with Crippen molar-refractivity contribution in [3.63, 3.8) is 0 Å². The van der Waals surface area contributed by atoms with Crippen molar-refractivity contribution >= 4 is 33.1 Å². The lowest BCUT2D eigenvalue weighted by molar-refractivity contribution is -0.141. The Labute approximate surface area is 124 Å². The molecule has 5 nitrogen and oxygen atoms in total. The Kier molecular flexibility index (Phi) is 6.29. The van der Waals surface area contributed by atoms with Crippen LogP contribution in [0.4, 0.5) is 5.69 Å². The number of rotatable bonds is 7. The van der Waals surface area contributed by atoms with Crippen LogP contribution in [0, 0.1) is 0 Å². The Balaban J connectivity index is 2.74. The Morgan fingerprint density at radius 3 is 2.45 bits per heavy atom. The number of carbonyl (C=O) groups is 1. The number of sulfone groups is 1. The highest BCUT2D eigenvalue weighted by Gasteiger charge is 2.24. The maximum atomic E-state index is 11.7. The Hall–Kier alpha value is -1.27. The van der Waals surface area contributed by atoms with Gasteiger partial charge in [-0.05, 0) is 25.5 Å². The first kappa shape index (κ1) is 16.8. The number of ether oxygens (including phenoxy) is 1. The third kappa shape index (κ3) is 5.02. The number of carbonyl (C=O) groups excluding carboxylic acids is 1. The quantitative estimate of drug-likeness (QED) is 0.615. The number of esters is 1. The fourth-order valence-corrected chi connectivity index (χ4v) is 2.73. The summed E-state index contributed by atoms with van der Waals surface area (Å²) < 4.78 is 27.1. The number of benzene rings is 1. The molecule has 0 aromatic heterocycles. The largest absolute Gasteiger partial charge is 0.467 e. The summed E-state index contributed by atoms with van der Waals surface area (Å²) in [4.78, 5) is 11.7. The number of para-hydroxylation sites is 1. The smallest absolute Gasteiger partial charge is 0.328 e. The molecule has 0 saturated heterocycles. The van der Waals surface area contributed by atoms with Crippen LogP contribution >= 0.6 is 11.6 Å². The van der Waals surface area contributed by atoms with Gasteiger partial charge in [-0.1, -0.05) is 18.2 Å². The summed E-state index contributed by atoms with van der Waals surface area (Å²) in [6.07, 6.45) is 0.0982. The number of alkyl halides is 1. The van der Waals surface area contributed by atoms with Gasteiger partial charge in [0, 0.05) is 5.69 Å². The second-order valence-electron chi connectivity index (χ2n) is 4.28. The Bertz CT molecular complexity index is 531. The van der Waals surface area contributed by atoms with Crippen LogP contribution in [-0.4, -0.2) is 38.0 Å². The van der Waals surface area contributed by atoms with E-state index in [2.05, 4.69) is 10.1 Å². The predicted molar refractivity (Wildman–Crippen MR) is 79.6 cm³/mol. The molecule has 1 aromatic rings. The maximum Gasteiger partial charge on any atom is 0.328 e. The Morgan fingerprint density at radius 2 is 1.95 bits per heavy atom. The van der Waals surface area contributed by atoms with Gasteiger partial charge in [0.1, 0.15) is 10.8 Å². The standard InChI is InChI=1S/C13H18ClNO4S/c1-10(14)20(17,18)9-8-12(13(16)19-2)15-11-6-4-3-5-7-11/h3-7,10,12,15H,8-9H2,1-2H3. The zero-order chi connectivity index (χ0) is 15.2. The van der Waals surface area contributed by atoms with Gasteiger partial charge in [0.15, 0.2) is 9.84 Å². The second kappa shape index (κ2) is 7.50. The van der Waals surface area contributed by atoms with Crippen LogP contribution in [0.2, 0.25) is 0 Å². The van der Waals surface area contributed by atoms with Crippen molar-refractivity contribution in [1.82, 2.24) is 0 Å². The molecule has 0 heterocycles. The minimum absolute atomic E-state index is 0.0982. The molecular formula is C13H18ClNO4S. The lowest BCUT2D eigenvalue weighted by Gasteiger charge is -2.18. The van der Waals surface area contributed by atoms with E-state index in [1.54, 1.807) is 12.1 Å². The first-order chi connectivity index (χ1) is 9.36. The van der Waals surface area contributed by atoms with E-state index < -0.39 is 26.6 Å². The lowest BCUT2D eigenvalue weighted by Crippen LogP contribution is -2.33. The molecule has 2 unspecified atom stereocenters. The average molecular weight is 320 g/mol. The van der Waals surface area contributed by atoms with E-state index in [1.807, 2.05) is 18.2 Å². The van der Waals surface area contributed by atoms with Crippen molar-refractivity contribution in [2.45, 2.75) is 24.1 Å². The van der Waals surface area contributed by atoms with Gasteiger partial charge >= 0.3 is 5.97 Å². The number of halogens is 1. The van der Waals surface area contributed by atoms with E-state index in [1.165, 1.54) is 14.0 Å². The van der Waals surface area contributed by atoms with Crippen LogP contribution in [-0.2, 0) is 19.4 Å². The zero-order valence-electron chi connectivity index (χ0n) is 11.4. The van der Waals surface area contributed by atoms with E-state index in [0.29, 0.717) is 0 Å². The lowest BCUT2D eigenvalue weighted by atomic mass is 10.2. The van der Waals surface area contributed by atoms with E-state index in [4.69, 9.17) is 11.6 Å². The van der Waals surface area contributed by atoms with Crippen molar-refractivity contribution in [3.8, 4) is 0 Å². The van der Waals surface area contributed by atoms with Crippen molar-refractivity contribution in [2.24, 2.45) is 0 Å². The molecule has 0 fully saturated rings. The first-order valence-electron chi connectivity index (χ1n) is 6.12. The summed E-state index contributed by atoms with van der Waals surface area (Å²) in [5, 5.41) is 2.96. The Morgan fingerprint density at radius 1 is 1.35 bits per heavy atom. The normalized spacial score (nSPS) is 14.3. The molecule has 2 atom stereocenters.